The smallest absolute Gasteiger partial charge is 0.426 e. The molecule has 33 heavy (non-hydrogen) atoms. The van der Waals surface area contributed by atoms with Gasteiger partial charge in [-0.15, -0.1) is 0 Å². The number of rotatable bonds is 8. The summed E-state index contributed by atoms with van der Waals surface area (Å²) in [4.78, 5) is 0. The number of hydrogen-bond acceptors (Lipinski definition) is 2. The van der Waals surface area contributed by atoms with E-state index in [1.807, 2.05) is 24.3 Å². The molecule has 174 valence electrons. The minimum Gasteiger partial charge on any atom is -0.462 e. The van der Waals surface area contributed by atoms with Crippen LogP contribution in [0.25, 0.3) is 11.1 Å². The molecule has 0 spiro atoms. The first-order valence-electron chi connectivity index (χ1n) is 10.0. The van der Waals surface area contributed by atoms with E-state index in [-0.39, 0.29) is 12.3 Å². The van der Waals surface area contributed by atoms with Crippen LogP contribution in [0.3, 0.4) is 0 Å². The minimum atomic E-state index is -4.63. The highest BCUT2D eigenvalue weighted by molar-refractivity contribution is 5.64. The summed E-state index contributed by atoms with van der Waals surface area (Å²) in [6, 6.07) is 15.8. The maximum Gasteiger partial charge on any atom is 0.426 e. The third kappa shape index (κ3) is 6.78. The van der Waals surface area contributed by atoms with Crippen LogP contribution in [0.5, 0.6) is 11.5 Å². The Bertz CT molecular complexity index is 1090. The van der Waals surface area contributed by atoms with Crippen LogP contribution in [0.15, 0.2) is 79.1 Å². The molecule has 3 aromatic carbocycles. The Balaban J connectivity index is 1.69. The van der Waals surface area contributed by atoms with E-state index in [1.165, 1.54) is 29.8 Å². The lowest BCUT2D eigenvalue weighted by Crippen LogP contribution is -2.21. The topological polar surface area (TPSA) is 18.5 Å². The van der Waals surface area contributed by atoms with Crippen molar-refractivity contribution < 1.29 is 35.8 Å². The molecule has 0 N–H and O–H groups in total. The van der Waals surface area contributed by atoms with Crippen molar-refractivity contribution in [1.29, 1.82) is 0 Å². The molecule has 0 bridgehead atoms. The van der Waals surface area contributed by atoms with Gasteiger partial charge in [0.25, 0.3) is 0 Å². The molecule has 3 rings (SSSR count). The maximum absolute atomic E-state index is 14.6. The van der Waals surface area contributed by atoms with Gasteiger partial charge in [0, 0.05) is 6.07 Å². The van der Waals surface area contributed by atoms with Crippen molar-refractivity contribution >= 4 is 0 Å². The van der Waals surface area contributed by atoms with Gasteiger partial charge >= 0.3 is 12.3 Å². The number of ether oxygens (including phenoxy) is 2. The van der Waals surface area contributed by atoms with E-state index < -0.39 is 35.2 Å². The highest BCUT2D eigenvalue weighted by Gasteiger charge is 2.34. The zero-order valence-electron chi connectivity index (χ0n) is 17.5. The van der Waals surface area contributed by atoms with Gasteiger partial charge in [-0.3, -0.25) is 0 Å². The van der Waals surface area contributed by atoms with E-state index in [1.54, 1.807) is 0 Å². The lowest BCUT2D eigenvalue weighted by Gasteiger charge is -2.19. The molecule has 0 atom stereocenters. The van der Waals surface area contributed by atoms with Gasteiger partial charge in [-0.1, -0.05) is 49.7 Å². The summed E-state index contributed by atoms with van der Waals surface area (Å²) >= 11 is 0. The first-order chi connectivity index (χ1) is 15.6. The van der Waals surface area contributed by atoms with Crippen LogP contribution in [-0.4, -0.2) is 6.18 Å². The minimum absolute atomic E-state index is 0.228. The fourth-order valence-electron chi connectivity index (χ4n) is 3.04. The molecule has 3 aromatic rings. The van der Waals surface area contributed by atoms with Gasteiger partial charge in [0.05, 0.1) is 17.9 Å². The van der Waals surface area contributed by atoms with Gasteiger partial charge in [0.15, 0.2) is 11.6 Å². The van der Waals surface area contributed by atoms with Crippen LogP contribution in [-0.2, 0) is 12.5 Å². The Morgan fingerprint density at radius 1 is 0.818 bits per heavy atom. The zero-order chi connectivity index (χ0) is 24.1. The van der Waals surface area contributed by atoms with E-state index >= 15 is 0 Å². The lowest BCUT2D eigenvalue weighted by atomic mass is 10.0. The largest absolute Gasteiger partial charge is 0.462 e. The van der Waals surface area contributed by atoms with E-state index in [4.69, 9.17) is 0 Å². The Hall–Kier alpha value is -3.42. The fourth-order valence-corrected chi connectivity index (χ4v) is 3.04. The average molecular weight is 466 g/mol. The third-order valence-electron chi connectivity index (χ3n) is 4.65. The first kappa shape index (κ1) is 24.2. The molecule has 0 unspecified atom stereocenters. The lowest BCUT2D eigenvalue weighted by molar-refractivity contribution is -0.185. The summed E-state index contributed by atoms with van der Waals surface area (Å²) in [5.41, 5.74) is 2.38. The number of allylic oxidation sites excluding steroid dienone is 1. The number of hydrogen-bond donors (Lipinski definition) is 0. The highest BCUT2D eigenvalue weighted by Crippen LogP contribution is 2.34. The second kappa shape index (κ2) is 10.0. The number of alkyl halides is 5. The van der Waals surface area contributed by atoms with Crippen molar-refractivity contribution in [2.75, 3.05) is 0 Å². The van der Waals surface area contributed by atoms with Gasteiger partial charge < -0.3 is 9.47 Å². The predicted molar refractivity (Wildman–Crippen MR) is 113 cm³/mol. The van der Waals surface area contributed by atoms with Crippen molar-refractivity contribution in [3.05, 3.63) is 96.0 Å². The monoisotopic (exact) mass is 466 g/mol. The molecule has 0 aliphatic heterocycles. The second-order valence-electron chi connectivity index (χ2n) is 7.20. The maximum atomic E-state index is 14.6. The molecule has 8 heteroatoms. The molecule has 0 aromatic heterocycles. The Labute approximate surface area is 187 Å². The molecule has 0 saturated heterocycles. The summed E-state index contributed by atoms with van der Waals surface area (Å²) in [6.45, 7) is 2.08. The predicted octanol–water partition coefficient (Wildman–Crippen LogP) is 8.03. The van der Waals surface area contributed by atoms with Gasteiger partial charge in [-0.2, -0.15) is 22.0 Å². The summed E-state index contributed by atoms with van der Waals surface area (Å²) in [5.74, 6) is -2.24. The number of halogens is 6. The van der Waals surface area contributed by atoms with E-state index in [2.05, 4.69) is 16.4 Å². The number of benzene rings is 3. The quantitative estimate of drug-likeness (QED) is 0.247. The van der Waals surface area contributed by atoms with E-state index in [0.717, 1.165) is 36.1 Å². The first-order valence-corrected chi connectivity index (χ1v) is 10.0. The van der Waals surface area contributed by atoms with Crippen molar-refractivity contribution in [2.24, 2.45) is 0 Å². The van der Waals surface area contributed by atoms with Crippen LogP contribution in [0.1, 0.15) is 24.5 Å². The molecule has 0 aliphatic carbocycles. The molecule has 0 saturated carbocycles. The van der Waals surface area contributed by atoms with E-state index in [9.17, 15) is 26.3 Å². The van der Waals surface area contributed by atoms with Crippen LogP contribution in [0.4, 0.5) is 26.3 Å². The molecule has 0 aliphatic rings. The summed E-state index contributed by atoms with van der Waals surface area (Å²) in [6.07, 6.45) is -6.39. The Morgan fingerprint density at radius 3 is 1.97 bits per heavy atom. The van der Waals surface area contributed by atoms with Gasteiger partial charge in [0.1, 0.15) is 5.75 Å². The van der Waals surface area contributed by atoms with E-state index in [0.29, 0.717) is 6.07 Å². The zero-order valence-corrected chi connectivity index (χ0v) is 17.5. The fraction of sp³-hybridized carbons (Fsp3) is 0.200. The van der Waals surface area contributed by atoms with Crippen molar-refractivity contribution in [3.63, 3.8) is 0 Å². The Kier molecular flexibility index (Phi) is 7.36. The summed E-state index contributed by atoms with van der Waals surface area (Å²) in [7, 11) is 0. The summed E-state index contributed by atoms with van der Waals surface area (Å²) < 4.78 is 88.5. The van der Waals surface area contributed by atoms with Gasteiger partial charge in [-0.05, 0) is 47.4 Å². The highest BCUT2D eigenvalue weighted by atomic mass is 19.4. The molecule has 0 heterocycles. The van der Waals surface area contributed by atoms with Crippen molar-refractivity contribution in [1.82, 2.24) is 0 Å². The normalized spacial score (nSPS) is 12.2. The van der Waals surface area contributed by atoms with Gasteiger partial charge in [0.2, 0.25) is 0 Å². The molecule has 0 amide bonds. The van der Waals surface area contributed by atoms with Crippen LogP contribution < -0.4 is 9.47 Å². The van der Waals surface area contributed by atoms with Crippen LogP contribution in [0, 0.1) is 5.82 Å². The Morgan fingerprint density at radius 2 is 1.42 bits per heavy atom. The molecular formula is C25H20F6O2. The standard InChI is InChI=1S/C25H20F6O2/c1-2-3-17-4-6-18(7-5-17)19-8-10-20(11-9-19)25(30,31)33-21-12-13-23(22(26)16-21)32-15-14-24(27,28)29/h4-16H,2-3H2,1H3. The number of aryl methyl sites for hydroxylation is 1. The molecule has 0 fully saturated rings. The third-order valence-corrected chi connectivity index (χ3v) is 4.65. The SMILES string of the molecule is CCCc1ccc(-c2ccc(C(F)(F)Oc3ccc(OC=CC(F)(F)F)c(F)c3)cc2)cc1. The van der Waals surface area contributed by atoms with Crippen LogP contribution in [0.2, 0.25) is 0 Å². The van der Waals surface area contributed by atoms with Crippen molar-refractivity contribution in [2.45, 2.75) is 32.1 Å². The molecule has 2 nitrogen and oxygen atoms in total. The van der Waals surface area contributed by atoms with Crippen molar-refractivity contribution in [3.8, 4) is 22.6 Å². The molecule has 0 radical (unpaired) electrons. The molecular weight excluding hydrogens is 446 g/mol. The average Bonchev–Trinajstić information content (AvgIpc) is 2.75. The summed E-state index contributed by atoms with van der Waals surface area (Å²) in [5, 5.41) is 0. The van der Waals surface area contributed by atoms with Gasteiger partial charge in [-0.25, -0.2) is 4.39 Å². The van der Waals surface area contributed by atoms with Crippen LogP contribution >= 0.6 is 0 Å². The second-order valence-corrected chi connectivity index (χ2v) is 7.20.